The molecule has 0 spiro atoms. The first-order valence-electron chi connectivity index (χ1n) is 4.19. The number of aryl methyl sites for hydroxylation is 1. The first-order valence-corrected chi connectivity index (χ1v) is 4.19. The minimum absolute atomic E-state index is 0.164. The van der Waals surface area contributed by atoms with Crippen LogP contribution in [-0.2, 0) is 7.05 Å². The van der Waals surface area contributed by atoms with Gasteiger partial charge in [0.25, 0.3) is 5.91 Å². The van der Waals surface area contributed by atoms with Gasteiger partial charge in [0, 0.05) is 19.4 Å². The number of nitrogens with zero attached hydrogens (tertiary/aromatic N) is 2. The van der Waals surface area contributed by atoms with Crippen molar-refractivity contribution in [3.05, 3.63) is 36.4 Å². The maximum absolute atomic E-state index is 11.5. The highest BCUT2D eigenvalue weighted by Gasteiger charge is 2.06. The predicted octanol–water partition coefficient (Wildman–Crippen LogP) is 1.00. The fraction of sp³-hybridized carbons (Fsp3) is 0.111. The molecule has 0 aliphatic rings. The molecular formula is C9H10N4O. The largest absolute Gasteiger partial charge is 0.357 e. The Balaban J connectivity index is 2.09. The molecule has 14 heavy (non-hydrogen) atoms. The summed E-state index contributed by atoms with van der Waals surface area (Å²) in [7, 11) is 1.80. The number of carbonyl (C=O) groups is 1. The molecule has 0 atom stereocenters. The molecule has 0 fully saturated rings. The number of H-pyrrole nitrogens is 1. The van der Waals surface area contributed by atoms with Gasteiger partial charge in [-0.2, -0.15) is 5.10 Å². The van der Waals surface area contributed by atoms with Crippen molar-refractivity contribution in [2.45, 2.75) is 0 Å². The predicted molar refractivity (Wildman–Crippen MR) is 52.0 cm³/mol. The van der Waals surface area contributed by atoms with Gasteiger partial charge in [-0.05, 0) is 12.1 Å². The standard InChI is InChI=1S/C9H10N4O/c1-13-6-7(5-11-13)12-9(14)8-3-2-4-10-8/h2-6,10H,1H3,(H,12,14). The van der Waals surface area contributed by atoms with Gasteiger partial charge in [-0.15, -0.1) is 0 Å². The van der Waals surface area contributed by atoms with Gasteiger partial charge < -0.3 is 10.3 Å². The number of hydrogen-bond donors (Lipinski definition) is 2. The van der Waals surface area contributed by atoms with Crippen LogP contribution in [0.3, 0.4) is 0 Å². The van der Waals surface area contributed by atoms with Gasteiger partial charge >= 0.3 is 0 Å². The van der Waals surface area contributed by atoms with E-state index in [0.29, 0.717) is 11.4 Å². The highest BCUT2D eigenvalue weighted by Crippen LogP contribution is 2.05. The van der Waals surface area contributed by atoms with E-state index in [-0.39, 0.29) is 5.91 Å². The average Bonchev–Trinajstić information content (AvgIpc) is 2.75. The summed E-state index contributed by atoms with van der Waals surface area (Å²) in [5, 5.41) is 6.65. The lowest BCUT2D eigenvalue weighted by atomic mass is 10.4. The number of carbonyl (C=O) groups excluding carboxylic acids is 1. The van der Waals surface area contributed by atoms with E-state index in [4.69, 9.17) is 0 Å². The van der Waals surface area contributed by atoms with Gasteiger partial charge in [-0.1, -0.05) is 0 Å². The van der Waals surface area contributed by atoms with Crippen LogP contribution in [0.5, 0.6) is 0 Å². The highest BCUT2D eigenvalue weighted by atomic mass is 16.1. The van der Waals surface area contributed by atoms with Crippen LogP contribution >= 0.6 is 0 Å². The molecule has 2 aromatic rings. The second kappa shape index (κ2) is 3.37. The molecule has 0 aliphatic heterocycles. The van der Waals surface area contributed by atoms with Crippen molar-refractivity contribution in [3.8, 4) is 0 Å². The maximum Gasteiger partial charge on any atom is 0.272 e. The molecule has 2 heterocycles. The Bertz CT molecular complexity index is 429. The van der Waals surface area contributed by atoms with Crippen molar-refractivity contribution < 1.29 is 4.79 Å². The van der Waals surface area contributed by atoms with Crippen LogP contribution in [0, 0.1) is 0 Å². The number of hydrogen-bond acceptors (Lipinski definition) is 2. The zero-order valence-electron chi connectivity index (χ0n) is 7.69. The van der Waals surface area contributed by atoms with E-state index in [1.165, 1.54) is 0 Å². The fourth-order valence-corrected chi connectivity index (χ4v) is 1.16. The lowest BCUT2D eigenvalue weighted by Crippen LogP contribution is -2.11. The minimum Gasteiger partial charge on any atom is -0.357 e. The Labute approximate surface area is 80.7 Å². The van der Waals surface area contributed by atoms with E-state index in [0.717, 1.165) is 0 Å². The summed E-state index contributed by atoms with van der Waals surface area (Å²) in [5.41, 5.74) is 1.22. The summed E-state index contributed by atoms with van der Waals surface area (Å²) >= 11 is 0. The number of nitrogens with one attached hydrogen (secondary N) is 2. The van der Waals surface area contributed by atoms with E-state index in [1.807, 2.05) is 0 Å². The number of rotatable bonds is 2. The van der Waals surface area contributed by atoms with E-state index in [9.17, 15) is 4.79 Å². The molecule has 0 saturated carbocycles. The SMILES string of the molecule is Cn1cc(NC(=O)c2ccc[nH]2)cn1. The molecule has 0 aliphatic carbocycles. The third-order valence-corrected chi connectivity index (χ3v) is 1.81. The van der Waals surface area contributed by atoms with Gasteiger partial charge in [0.2, 0.25) is 0 Å². The van der Waals surface area contributed by atoms with Crippen molar-refractivity contribution >= 4 is 11.6 Å². The molecule has 0 aromatic carbocycles. The summed E-state index contributed by atoms with van der Waals surface area (Å²) in [6.07, 6.45) is 5.04. The van der Waals surface area contributed by atoms with Crippen LogP contribution in [-0.4, -0.2) is 20.7 Å². The molecule has 0 radical (unpaired) electrons. The summed E-state index contributed by atoms with van der Waals surface area (Å²) < 4.78 is 1.63. The summed E-state index contributed by atoms with van der Waals surface area (Å²) in [4.78, 5) is 14.3. The molecule has 2 N–H and O–H groups in total. The van der Waals surface area contributed by atoms with E-state index < -0.39 is 0 Å². The molecule has 72 valence electrons. The van der Waals surface area contributed by atoms with Crippen LogP contribution in [0.25, 0.3) is 0 Å². The highest BCUT2D eigenvalue weighted by molar-refractivity contribution is 6.02. The Morgan fingerprint density at radius 2 is 2.50 bits per heavy atom. The maximum atomic E-state index is 11.5. The van der Waals surface area contributed by atoms with Crippen LogP contribution < -0.4 is 5.32 Å². The Morgan fingerprint density at radius 1 is 1.64 bits per heavy atom. The van der Waals surface area contributed by atoms with Crippen molar-refractivity contribution in [2.75, 3.05) is 5.32 Å². The molecule has 0 unspecified atom stereocenters. The zero-order valence-corrected chi connectivity index (χ0v) is 7.69. The van der Waals surface area contributed by atoms with Crippen LogP contribution in [0.15, 0.2) is 30.7 Å². The molecular weight excluding hydrogens is 180 g/mol. The summed E-state index contributed by atoms with van der Waals surface area (Å²) in [6, 6.07) is 3.49. The average molecular weight is 190 g/mol. The van der Waals surface area contributed by atoms with Gasteiger partial charge in [0.1, 0.15) is 5.69 Å². The van der Waals surface area contributed by atoms with Gasteiger partial charge in [-0.3, -0.25) is 9.48 Å². The third-order valence-electron chi connectivity index (χ3n) is 1.81. The van der Waals surface area contributed by atoms with Crippen LogP contribution in [0.4, 0.5) is 5.69 Å². The number of amides is 1. The summed E-state index contributed by atoms with van der Waals surface area (Å²) in [5.74, 6) is -0.164. The lowest BCUT2D eigenvalue weighted by molar-refractivity contribution is 0.102. The van der Waals surface area contributed by atoms with Gasteiger partial charge in [-0.25, -0.2) is 0 Å². The first kappa shape index (κ1) is 8.55. The second-order valence-corrected chi connectivity index (χ2v) is 2.94. The van der Waals surface area contributed by atoms with Gasteiger partial charge in [0.05, 0.1) is 11.9 Å². The molecule has 5 heteroatoms. The van der Waals surface area contributed by atoms with Crippen LogP contribution in [0.2, 0.25) is 0 Å². The number of aromatic nitrogens is 3. The van der Waals surface area contributed by atoms with Gasteiger partial charge in [0.15, 0.2) is 0 Å². The van der Waals surface area contributed by atoms with Crippen molar-refractivity contribution in [1.29, 1.82) is 0 Å². The first-order chi connectivity index (χ1) is 6.75. The third kappa shape index (κ3) is 1.66. The molecule has 0 saturated heterocycles. The summed E-state index contributed by atoms with van der Waals surface area (Å²) in [6.45, 7) is 0. The molecule has 1 amide bonds. The Hall–Kier alpha value is -2.04. The van der Waals surface area contributed by atoms with Crippen LogP contribution in [0.1, 0.15) is 10.5 Å². The second-order valence-electron chi connectivity index (χ2n) is 2.94. The van der Waals surface area contributed by atoms with E-state index in [2.05, 4.69) is 15.4 Å². The normalized spacial score (nSPS) is 10.1. The topological polar surface area (TPSA) is 62.7 Å². The molecule has 0 bridgehead atoms. The smallest absolute Gasteiger partial charge is 0.272 e. The van der Waals surface area contributed by atoms with Crippen molar-refractivity contribution in [1.82, 2.24) is 14.8 Å². The lowest BCUT2D eigenvalue weighted by Gasteiger charge is -1.98. The van der Waals surface area contributed by atoms with Crippen molar-refractivity contribution in [3.63, 3.8) is 0 Å². The Morgan fingerprint density at radius 3 is 3.07 bits per heavy atom. The quantitative estimate of drug-likeness (QED) is 0.742. The fourth-order valence-electron chi connectivity index (χ4n) is 1.16. The molecule has 2 rings (SSSR count). The molecule has 5 nitrogen and oxygen atoms in total. The van der Waals surface area contributed by atoms with E-state index >= 15 is 0 Å². The van der Waals surface area contributed by atoms with E-state index in [1.54, 1.807) is 42.5 Å². The zero-order chi connectivity index (χ0) is 9.97. The number of aromatic amines is 1. The Kier molecular flexibility index (Phi) is 2.06. The molecule has 2 aromatic heterocycles. The monoisotopic (exact) mass is 190 g/mol. The number of anilines is 1. The van der Waals surface area contributed by atoms with Crippen molar-refractivity contribution in [2.24, 2.45) is 7.05 Å². The minimum atomic E-state index is -0.164.